The van der Waals surface area contributed by atoms with Gasteiger partial charge in [-0.25, -0.2) is 0 Å². The number of alkyl halides is 3. The molecule has 0 radical (unpaired) electrons. The summed E-state index contributed by atoms with van der Waals surface area (Å²) in [5.41, 5.74) is -3.07. The summed E-state index contributed by atoms with van der Waals surface area (Å²) in [6, 6.07) is 20.6. The molecule has 22 heavy (non-hydrogen) atoms. The lowest BCUT2D eigenvalue weighted by molar-refractivity contribution is -0.0510. The molecule has 0 fully saturated rings. The van der Waals surface area contributed by atoms with Gasteiger partial charge in [0.25, 0.3) is 0 Å². The Morgan fingerprint density at radius 3 is 1.73 bits per heavy atom. The maximum absolute atomic E-state index is 10.7. The fourth-order valence-electron chi connectivity index (χ4n) is 1.36. The molecule has 2 aromatic carbocycles. The highest BCUT2D eigenvalue weighted by atomic mass is 32.2. The number of halogens is 3. The van der Waals surface area contributed by atoms with Crippen molar-refractivity contribution >= 4 is 15.8 Å². The Morgan fingerprint density at radius 2 is 1.32 bits per heavy atom. The molecule has 0 aliphatic heterocycles. The number of hydrogen-bond donors (Lipinski definition) is 2. The molecule has 120 valence electrons. The van der Waals surface area contributed by atoms with E-state index in [2.05, 4.69) is 41.7 Å². The number of rotatable bonds is 3. The Bertz CT molecular complexity index is 619. The molecular weight excluding hydrogens is 319 g/mol. The van der Waals surface area contributed by atoms with Gasteiger partial charge in [0, 0.05) is 12.2 Å². The van der Waals surface area contributed by atoms with E-state index >= 15 is 0 Å². The van der Waals surface area contributed by atoms with Crippen LogP contribution in [0.1, 0.15) is 5.56 Å². The van der Waals surface area contributed by atoms with E-state index in [1.54, 1.807) is 0 Å². The number of nitrogens with one attached hydrogen (secondary N) is 1. The zero-order chi connectivity index (χ0) is 16.6. The molecule has 0 aliphatic carbocycles. The molecule has 2 rings (SSSR count). The Labute approximate surface area is 126 Å². The molecule has 0 bridgehead atoms. The molecule has 0 saturated carbocycles. The minimum atomic E-state index is -5.84. The van der Waals surface area contributed by atoms with Crippen molar-refractivity contribution in [1.29, 1.82) is 0 Å². The number of anilines is 1. The van der Waals surface area contributed by atoms with Gasteiger partial charge in [-0.1, -0.05) is 48.5 Å². The van der Waals surface area contributed by atoms with E-state index in [1.807, 2.05) is 24.3 Å². The minimum absolute atomic E-state index is 0.880. The quantitative estimate of drug-likeness (QED) is 0.664. The number of para-hydroxylation sites is 1. The van der Waals surface area contributed by atoms with Crippen molar-refractivity contribution in [2.75, 3.05) is 5.32 Å². The molecule has 0 spiro atoms. The van der Waals surface area contributed by atoms with Gasteiger partial charge < -0.3 is 5.32 Å². The lowest BCUT2D eigenvalue weighted by atomic mass is 10.2. The first kappa shape index (κ1) is 18.0. The van der Waals surface area contributed by atoms with Crippen LogP contribution in [0, 0.1) is 0 Å². The molecule has 0 heterocycles. The average molecular weight is 333 g/mol. The van der Waals surface area contributed by atoms with Crippen molar-refractivity contribution in [3.05, 3.63) is 66.2 Å². The van der Waals surface area contributed by atoms with Crippen LogP contribution in [0.3, 0.4) is 0 Å². The first-order valence-corrected chi connectivity index (χ1v) is 7.51. The van der Waals surface area contributed by atoms with Crippen molar-refractivity contribution < 1.29 is 26.1 Å². The van der Waals surface area contributed by atoms with Crippen molar-refractivity contribution in [3.8, 4) is 0 Å². The second-order valence-electron chi connectivity index (χ2n) is 4.13. The first-order valence-electron chi connectivity index (χ1n) is 6.07. The maximum Gasteiger partial charge on any atom is 0.522 e. The third-order valence-electron chi connectivity index (χ3n) is 2.41. The average Bonchev–Trinajstić information content (AvgIpc) is 2.46. The second kappa shape index (κ2) is 7.81. The van der Waals surface area contributed by atoms with Crippen LogP contribution in [0.15, 0.2) is 60.7 Å². The Balaban J connectivity index is 0.000000261. The number of hydrogen-bond acceptors (Lipinski definition) is 3. The van der Waals surface area contributed by atoms with Crippen molar-refractivity contribution in [1.82, 2.24) is 0 Å². The van der Waals surface area contributed by atoms with E-state index < -0.39 is 15.6 Å². The molecule has 2 N–H and O–H groups in total. The van der Waals surface area contributed by atoms with Crippen molar-refractivity contribution in [2.45, 2.75) is 12.1 Å². The topological polar surface area (TPSA) is 66.4 Å². The molecule has 0 unspecified atom stereocenters. The summed E-state index contributed by atoms with van der Waals surface area (Å²) in [5.74, 6) is 0. The van der Waals surface area contributed by atoms with E-state index in [0.29, 0.717) is 0 Å². The number of benzene rings is 2. The van der Waals surface area contributed by atoms with Crippen LogP contribution < -0.4 is 5.32 Å². The van der Waals surface area contributed by atoms with Crippen LogP contribution >= 0.6 is 0 Å². The molecule has 0 amide bonds. The van der Waals surface area contributed by atoms with Crippen LogP contribution in [0.25, 0.3) is 0 Å². The smallest absolute Gasteiger partial charge is 0.381 e. The molecule has 4 nitrogen and oxygen atoms in total. The molecular formula is C14H14F3NO3S. The van der Waals surface area contributed by atoms with Gasteiger partial charge in [-0.05, 0) is 17.7 Å². The normalized spacial score (nSPS) is 11.3. The third-order valence-corrected chi connectivity index (χ3v) is 2.99. The minimum Gasteiger partial charge on any atom is -0.381 e. The predicted molar refractivity (Wildman–Crippen MR) is 77.8 cm³/mol. The van der Waals surface area contributed by atoms with Crippen LogP contribution in [0.5, 0.6) is 0 Å². The van der Waals surface area contributed by atoms with Crippen molar-refractivity contribution in [2.24, 2.45) is 0 Å². The highest BCUT2D eigenvalue weighted by Crippen LogP contribution is 2.20. The van der Waals surface area contributed by atoms with Crippen LogP contribution in [-0.4, -0.2) is 18.5 Å². The van der Waals surface area contributed by atoms with Crippen LogP contribution in [0.4, 0.5) is 18.9 Å². The zero-order valence-corrected chi connectivity index (χ0v) is 12.1. The Morgan fingerprint density at radius 1 is 0.909 bits per heavy atom. The van der Waals surface area contributed by atoms with Crippen LogP contribution in [0.2, 0.25) is 0 Å². The van der Waals surface area contributed by atoms with Gasteiger partial charge in [-0.2, -0.15) is 21.6 Å². The zero-order valence-electron chi connectivity index (χ0n) is 11.3. The van der Waals surface area contributed by atoms with E-state index in [0.717, 1.165) is 12.2 Å². The maximum atomic E-state index is 10.7. The molecule has 0 atom stereocenters. The summed E-state index contributed by atoms with van der Waals surface area (Å²) in [6.07, 6.45) is 0. The Hall–Kier alpha value is -2.06. The lowest BCUT2D eigenvalue weighted by Crippen LogP contribution is -2.21. The van der Waals surface area contributed by atoms with Gasteiger partial charge in [-0.3, -0.25) is 4.55 Å². The van der Waals surface area contributed by atoms with Gasteiger partial charge >= 0.3 is 15.6 Å². The van der Waals surface area contributed by atoms with E-state index in [4.69, 9.17) is 13.0 Å². The molecule has 8 heteroatoms. The van der Waals surface area contributed by atoms with Crippen molar-refractivity contribution in [3.63, 3.8) is 0 Å². The molecule has 0 aliphatic rings. The SMILES string of the molecule is O=S(=O)(O)C(F)(F)F.c1ccc(CNc2ccccc2)cc1. The lowest BCUT2D eigenvalue weighted by Gasteiger charge is -2.05. The fraction of sp³-hybridized carbons (Fsp3) is 0.143. The summed E-state index contributed by atoms with van der Waals surface area (Å²) < 4.78 is 57.5. The van der Waals surface area contributed by atoms with Gasteiger partial charge in [-0.15, -0.1) is 0 Å². The van der Waals surface area contributed by atoms with Gasteiger partial charge in [0.1, 0.15) is 0 Å². The van der Waals surface area contributed by atoms with E-state index in [1.165, 1.54) is 5.56 Å². The first-order chi connectivity index (χ1) is 10.2. The molecule has 0 saturated heterocycles. The summed E-state index contributed by atoms with van der Waals surface area (Å²) in [6.45, 7) is 0.880. The summed E-state index contributed by atoms with van der Waals surface area (Å²) in [4.78, 5) is 0. The van der Waals surface area contributed by atoms with Gasteiger partial charge in [0.05, 0.1) is 0 Å². The standard InChI is InChI=1S/C13H13N.CHF3O3S/c1-3-7-12(8-4-1)11-14-13-9-5-2-6-10-13;2-1(3,4)8(5,6)7/h1-10,14H,11H2;(H,5,6,7). The monoisotopic (exact) mass is 333 g/mol. The van der Waals surface area contributed by atoms with Crippen LogP contribution in [-0.2, 0) is 16.7 Å². The Kier molecular flexibility index (Phi) is 6.39. The van der Waals surface area contributed by atoms with E-state index in [-0.39, 0.29) is 0 Å². The third kappa shape index (κ3) is 6.59. The van der Waals surface area contributed by atoms with Gasteiger partial charge in [0.2, 0.25) is 0 Å². The molecule has 0 aromatic heterocycles. The summed E-state index contributed by atoms with van der Waals surface area (Å²) in [5, 5.41) is 3.36. The second-order valence-corrected chi connectivity index (χ2v) is 5.54. The molecule has 2 aromatic rings. The highest BCUT2D eigenvalue weighted by molar-refractivity contribution is 7.86. The summed E-state index contributed by atoms with van der Waals surface area (Å²) in [7, 11) is -5.84. The van der Waals surface area contributed by atoms with E-state index in [9.17, 15) is 13.2 Å². The summed E-state index contributed by atoms with van der Waals surface area (Å²) >= 11 is 0. The predicted octanol–water partition coefficient (Wildman–Crippen LogP) is 3.69. The largest absolute Gasteiger partial charge is 0.522 e. The van der Waals surface area contributed by atoms with Gasteiger partial charge in [0.15, 0.2) is 0 Å². The fourth-order valence-corrected chi connectivity index (χ4v) is 1.36. The highest BCUT2D eigenvalue weighted by Gasteiger charge is 2.44.